The number of imidazole rings is 1. The number of piperazine rings is 1. The first-order valence-electron chi connectivity index (χ1n) is 15.6. The predicted octanol–water partition coefficient (Wildman–Crippen LogP) is 4.60. The van der Waals surface area contributed by atoms with Crippen LogP contribution in [0.1, 0.15) is 61.1 Å². The molecule has 0 spiro atoms. The number of benzene rings is 2. The van der Waals surface area contributed by atoms with Crippen LogP contribution in [0, 0.1) is 0 Å². The van der Waals surface area contributed by atoms with Crippen LogP contribution in [0.3, 0.4) is 0 Å². The lowest BCUT2D eigenvalue weighted by molar-refractivity contribution is 0.0601. The van der Waals surface area contributed by atoms with Crippen molar-refractivity contribution in [1.82, 2.24) is 25.1 Å². The van der Waals surface area contributed by atoms with E-state index in [2.05, 4.69) is 21.3 Å². The third-order valence-electron chi connectivity index (χ3n) is 8.71. The lowest BCUT2D eigenvalue weighted by Gasteiger charge is -2.36. The summed E-state index contributed by atoms with van der Waals surface area (Å²) in [5.41, 5.74) is 3.37. The van der Waals surface area contributed by atoms with Gasteiger partial charge in [-0.2, -0.15) is 0 Å². The minimum absolute atomic E-state index is 0.0337. The maximum absolute atomic E-state index is 14.3. The van der Waals surface area contributed by atoms with Crippen LogP contribution in [0.15, 0.2) is 54.9 Å². The minimum atomic E-state index is -0.407. The van der Waals surface area contributed by atoms with Crippen LogP contribution in [0.2, 0.25) is 0 Å². The van der Waals surface area contributed by atoms with E-state index in [-0.39, 0.29) is 24.0 Å². The fourth-order valence-electron chi connectivity index (χ4n) is 6.56. The summed E-state index contributed by atoms with van der Waals surface area (Å²) in [7, 11) is 0. The highest BCUT2D eigenvalue weighted by atomic mass is 16.5. The number of nitrogens with one attached hydrogen (secondary N) is 2. The summed E-state index contributed by atoms with van der Waals surface area (Å²) in [6.07, 6.45) is 6.78. The van der Waals surface area contributed by atoms with Crippen LogP contribution in [0.5, 0.6) is 11.5 Å². The van der Waals surface area contributed by atoms with Gasteiger partial charge in [-0.05, 0) is 31.4 Å². The molecule has 1 saturated carbocycles. The van der Waals surface area contributed by atoms with Gasteiger partial charge in [-0.3, -0.25) is 4.79 Å². The normalized spacial score (nSPS) is 21.5. The van der Waals surface area contributed by atoms with Crippen molar-refractivity contribution >= 4 is 12.0 Å². The average molecular weight is 588 g/mol. The molecule has 0 radical (unpaired) electrons. The zero-order valence-electron chi connectivity index (χ0n) is 24.8. The Bertz CT molecular complexity index is 1410. The number of amides is 2. The molecule has 1 aromatic heterocycles. The van der Waals surface area contributed by atoms with E-state index in [4.69, 9.17) is 19.2 Å². The molecule has 43 heavy (non-hydrogen) atoms. The number of rotatable bonds is 9. The van der Waals surface area contributed by atoms with Gasteiger partial charge in [0.15, 0.2) is 5.69 Å². The molecule has 0 bridgehead atoms. The molecular formula is C33H41N5O5. The fourth-order valence-corrected chi connectivity index (χ4v) is 6.56. The lowest BCUT2D eigenvalue weighted by Crippen LogP contribution is -2.54. The first-order valence-corrected chi connectivity index (χ1v) is 15.6. The highest BCUT2D eigenvalue weighted by Gasteiger charge is 2.35. The van der Waals surface area contributed by atoms with E-state index < -0.39 is 6.09 Å². The molecule has 3 aliphatic rings. The third kappa shape index (κ3) is 6.49. The highest BCUT2D eigenvalue weighted by molar-refractivity contribution is 5.98. The molecule has 2 aromatic carbocycles. The van der Waals surface area contributed by atoms with E-state index in [0.29, 0.717) is 45.0 Å². The van der Waals surface area contributed by atoms with E-state index in [9.17, 15) is 9.59 Å². The Morgan fingerprint density at radius 3 is 2.86 bits per heavy atom. The van der Waals surface area contributed by atoms with Gasteiger partial charge in [0.1, 0.15) is 11.5 Å². The van der Waals surface area contributed by atoms with Gasteiger partial charge in [0.05, 0.1) is 43.9 Å². The number of aromatic nitrogens is 2. The smallest absolute Gasteiger partial charge is 0.407 e. The van der Waals surface area contributed by atoms with Gasteiger partial charge in [0.2, 0.25) is 0 Å². The summed E-state index contributed by atoms with van der Waals surface area (Å²) >= 11 is 0. The first-order chi connectivity index (χ1) is 21.1. The molecule has 6 rings (SSSR count). The third-order valence-corrected chi connectivity index (χ3v) is 8.71. The maximum Gasteiger partial charge on any atom is 0.407 e. The zero-order chi connectivity index (χ0) is 29.6. The molecule has 10 heteroatoms. The second-order valence-electron chi connectivity index (χ2n) is 11.4. The van der Waals surface area contributed by atoms with Gasteiger partial charge < -0.3 is 34.3 Å². The lowest BCUT2D eigenvalue weighted by atomic mass is 9.89. The summed E-state index contributed by atoms with van der Waals surface area (Å²) in [6.45, 7) is 5.33. The van der Waals surface area contributed by atoms with Gasteiger partial charge in [0.25, 0.3) is 5.91 Å². The van der Waals surface area contributed by atoms with Crippen LogP contribution < -0.4 is 20.1 Å². The Labute approximate surface area is 252 Å². The Morgan fingerprint density at radius 1 is 1.14 bits per heavy atom. The Kier molecular flexibility index (Phi) is 9.12. The van der Waals surface area contributed by atoms with E-state index in [1.807, 2.05) is 47.4 Å². The number of carbonyl (C=O) groups is 2. The van der Waals surface area contributed by atoms with E-state index >= 15 is 0 Å². The molecule has 3 heterocycles. The number of carbonyl (C=O) groups excluding carboxylic acids is 2. The number of hydrogen-bond acceptors (Lipinski definition) is 7. The van der Waals surface area contributed by atoms with Gasteiger partial charge in [-0.25, -0.2) is 9.78 Å². The van der Waals surface area contributed by atoms with Crippen LogP contribution in [-0.4, -0.2) is 78.0 Å². The van der Waals surface area contributed by atoms with Crippen molar-refractivity contribution in [2.45, 2.75) is 63.6 Å². The Hall–Kier alpha value is -4.05. The molecule has 2 amide bonds. The second kappa shape index (κ2) is 13.5. The molecule has 2 aliphatic heterocycles. The minimum Gasteiger partial charge on any atom is -0.493 e. The van der Waals surface area contributed by atoms with Gasteiger partial charge in [0, 0.05) is 50.1 Å². The number of ether oxygens (including phenoxy) is 3. The molecule has 3 atom stereocenters. The van der Waals surface area contributed by atoms with Gasteiger partial charge in [-0.15, -0.1) is 0 Å². The van der Waals surface area contributed by atoms with Crippen LogP contribution in [0.25, 0.3) is 11.3 Å². The largest absolute Gasteiger partial charge is 0.493 e. The molecule has 1 aliphatic carbocycles. The zero-order valence-corrected chi connectivity index (χ0v) is 24.8. The Balaban J connectivity index is 1.23. The van der Waals surface area contributed by atoms with Crippen molar-refractivity contribution in [2.24, 2.45) is 0 Å². The standard InChI is InChI=1S/C33H41N5O5/c1-2-41-33(40)36-27-10-6-7-11-28(27)38-22-35-30(31(38)24-8-4-3-5-9-24)32(39)37-17-16-34-21-25(37)15-19-42-26-13-12-23-14-18-43-29(23)20-26/h3-5,8-9,12-13,20,22,25,27-28,34H,2,6-7,10-11,14-19,21H2,1H3,(H,36,40)/t25-,27+,28+/m1/s1. The van der Waals surface area contributed by atoms with Crippen molar-refractivity contribution in [2.75, 3.05) is 39.5 Å². The number of nitrogens with zero attached hydrogens (tertiary/aromatic N) is 3. The summed E-state index contributed by atoms with van der Waals surface area (Å²) in [5.74, 6) is 1.60. The van der Waals surface area contributed by atoms with Gasteiger partial charge in [-0.1, -0.05) is 49.2 Å². The van der Waals surface area contributed by atoms with Crippen molar-refractivity contribution < 1.29 is 23.8 Å². The monoisotopic (exact) mass is 587 g/mol. The molecule has 2 fully saturated rings. The summed E-state index contributed by atoms with van der Waals surface area (Å²) in [4.78, 5) is 33.4. The topological polar surface area (TPSA) is 107 Å². The van der Waals surface area contributed by atoms with Crippen molar-refractivity contribution in [3.8, 4) is 22.8 Å². The molecule has 0 unspecified atom stereocenters. The summed E-state index contributed by atoms with van der Waals surface area (Å²) < 4.78 is 19.1. The summed E-state index contributed by atoms with van der Waals surface area (Å²) in [5, 5.41) is 6.52. The van der Waals surface area contributed by atoms with Crippen molar-refractivity contribution in [3.63, 3.8) is 0 Å². The SMILES string of the molecule is CCOC(=O)N[C@H]1CCCC[C@@H]1n1cnc(C(=O)N2CCNC[C@H]2CCOc2ccc3c(c2)OCC3)c1-c1ccccc1. The highest BCUT2D eigenvalue weighted by Crippen LogP contribution is 2.35. The summed E-state index contributed by atoms with van der Waals surface area (Å²) in [6, 6.07) is 15.8. The van der Waals surface area contributed by atoms with E-state index in [1.54, 1.807) is 13.3 Å². The number of hydrogen-bond donors (Lipinski definition) is 2. The van der Waals surface area contributed by atoms with Crippen molar-refractivity contribution in [3.05, 3.63) is 66.1 Å². The van der Waals surface area contributed by atoms with E-state index in [0.717, 1.165) is 61.4 Å². The van der Waals surface area contributed by atoms with Gasteiger partial charge >= 0.3 is 6.09 Å². The average Bonchev–Trinajstić information content (AvgIpc) is 3.69. The molecule has 3 aromatic rings. The number of alkyl carbamates (subject to hydrolysis) is 1. The van der Waals surface area contributed by atoms with E-state index in [1.165, 1.54) is 5.56 Å². The first kappa shape index (κ1) is 29.0. The van der Waals surface area contributed by atoms with Crippen LogP contribution in [0.4, 0.5) is 4.79 Å². The van der Waals surface area contributed by atoms with Crippen LogP contribution in [-0.2, 0) is 11.2 Å². The molecule has 228 valence electrons. The van der Waals surface area contributed by atoms with Crippen LogP contribution >= 0.6 is 0 Å². The molecular weight excluding hydrogens is 546 g/mol. The molecule has 1 saturated heterocycles. The Morgan fingerprint density at radius 2 is 2.00 bits per heavy atom. The maximum atomic E-state index is 14.3. The number of fused-ring (bicyclic) bond motifs is 1. The fraction of sp³-hybridized carbons (Fsp3) is 0.485. The molecule has 10 nitrogen and oxygen atoms in total. The quantitative estimate of drug-likeness (QED) is 0.377. The predicted molar refractivity (Wildman–Crippen MR) is 163 cm³/mol. The molecule has 2 N–H and O–H groups in total. The second-order valence-corrected chi connectivity index (χ2v) is 11.4. The van der Waals surface area contributed by atoms with Crippen molar-refractivity contribution in [1.29, 1.82) is 0 Å².